The van der Waals surface area contributed by atoms with E-state index in [0.717, 1.165) is 18.8 Å². The van der Waals surface area contributed by atoms with Gasteiger partial charge in [-0.1, -0.05) is 26.7 Å². The number of ether oxygens (including phenoxy) is 3. The smallest absolute Gasteiger partial charge is 0.337 e. The number of hydrogen-bond acceptors (Lipinski definition) is 5. The second kappa shape index (κ2) is 10.5. The number of carbonyl (C=O) groups excluding carboxylic acids is 1. The Morgan fingerprint density at radius 3 is 2.50 bits per heavy atom. The van der Waals surface area contributed by atoms with Gasteiger partial charge < -0.3 is 18.6 Å². The zero-order chi connectivity index (χ0) is 22.6. The molecule has 0 saturated heterocycles. The van der Waals surface area contributed by atoms with Gasteiger partial charge in [0, 0.05) is 13.2 Å². The second-order valence-electron chi connectivity index (χ2n) is 11.1. The lowest BCUT2D eigenvalue weighted by atomic mass is 9.61. The molecule has 30 heavy (non-hydrogen) atoms. The van der Waals surface area contributed by atoms with Crippen LogP contribution >= 0.6 is 0 Å². The molecule has 0 aromatic rings. The van der Waals surface area contributed by atoms with Crippen LogP contribution in [0.25, 0.3) is 0 Å². The number of fused-ring (bicyclic) bond motifs is 1. The highest BCUT2D eigenvalue weighted by molar-refractivity contribution is 6.69. The Kier molecular flexibility index (Phi) is 9.00. The van der Waals surface area contributed by atoms with Crippen LogP contribution in [0.15, 0.2) is 0 Å². The normalized spacial score (nSPS) is 32.3. The second-order valence-corrected chi connectivity index (χ2v) is 15.6. The first-order valence-electron chi connectivity index (χ1n) is 11.9. The van der Waals surface area contributed by atoms with E-state index in [4.69, 9.17) is 18.6 Å². The lowest BCUT2D eigenvalue weighted by Gasteiger charge is -2.48. The maximum absolute atomic E-state index is 12.2. The maximum atomic E-state index is 12.2. The quantitative estimate of drug-likeness (QED) is 0.230. The maximum Gasteiger partial charge on any atom is 0.337 e. The number of methoxy groups -OCH3 is 2. The van der Waals surface area contributed by atoms with Crippen molar-refractivity contribution in [3.05, 3.63) is 0 Å². The van der Waals surface area contributed by atoms with Gasteiger partial charge in [0.05, 0.1) is 7.11 Å². The fourth-order valence-electron chi connectivity index (χ4n) is 6.29. The van der Waals surface area contributed by atoms with Crippen molar-refractivity contribution < 1.29 is 23.4 Å². The van der Waals surface area contributed by atoms with Crippen LogP contribution in [0.1, 0.15) is 72.1 Å². The molecule has 0 aromatic heterocycles. The highest BCUT2D eigenvalue weighted by atomic mass is 28.4. The predicted octanol–water partition coefficient (Wildman–Crippen LogP) is 5.78. The summed E-state index contributed by atoms with van der Waals surface area (Å²) in [7, 11) is 1.47. The van der Waals surface area contributed by atoms with Crippen LogP contribution in [-0.4, -0.2) is 47.0 Å². The Bertz CT molecular complexity index is 562. The van der Waals surface area contributed by atoms with E-state index in [9.17, 15) is 4.79 Å². The first-order chi connectivity index (χ1) is 14.0. The molecule has 2 unspecified atom stereocenters. The van der Waals surface area contributed by atoms with Crippen LogP contribution in [0, 0.1) is 23.2 Å². The molecule has 2 rings (SSSR count). The molecule has 0 aliphatic heterocycles. The van der Waals surface area contributed by atoms with Gasteiger partial charge in [0.1, 0.15) is 6.79 Å². The van der Waals surface area contributed by atoms with Crippen molar-refractivity contribution in [1.82, 2.24) is 0 Å². The summed E-state index contributed by atoms with van der Waals surface area (Å²) >= 11 is 0. The van der Waals surface area contributed by atoms with Gasteiger partial charge in [-0.15, -0.1) is 0 Å². The topological polar surface area (TPSA) is 54.0 Å². The van der Waals surface area contributed by atoms with Gasteiger partial charge in [-0.25, -0.2) is 4.79 Å². The molecule has 6 heteroatoms. The highest BCUT2D eigenvalue weighted by Gasteiger charge is 2.53. The molecule has 2 saturated carbocycles. The van der Waals surface area contributed by atoms with Crippen LogP contribution in [-0.2, 0) is 23.4 Å². The van der Waals surface area contributed by atoms with Gasteiger partial charge in [-0.2, -0.15) is 0 Å². The van der Waals surface area contributed by atoms with E-state index in [-0.39, 0.29) is 12.8 Å². The number of hydrogen-bond donors (Lipinski definition) is 0. The van der Waals surface area contributed by atoms with Crippen LogP contribution in [0.5, 0.6) is 0 Å². The average molecular weight is 443 g/mol. The third-order valence-electron chi connectivity index (χ3n) is 7.75. The number of carbonyl (C=O) groups is 1. The Morgan fingerprint density at radius 2 is 1.90 bits per heavy atom. The monoisotopic (exact) mass is 442 g/mol. The fraction of sp³-hybridized carbons (Fsp3) is 0.958. The minimum atomic E-state index is -1.52. The van der Waals surface area contributed by atoms with Gasteiger partial charge in [0.25, 0.3) is 0 Å². The van der Waals surface area contributed by atoms with Crippen molar-refractivity contribution in [2.45, 2.75) is 103 Å². The first kappa shape index (κ1) is 25.8. The van der Waals surface area contributed by atoms with Gasteiger partial charge in [-0.05, 0) is 88.3 Å². The summed E-state index contributed by atoms with van der Waals surface area (Å²) in [6.07, 6.45) is 9.63. The lowest BCUT2D eigenvalue weighted by molar-refractivity contribution is -0.183. The molecule has 176 valence electrons. The fourth-order valence-corrected chi connectivity index (χ4v) is 7.48. The molecule has 0 radical (unpaired) electrons. The van der Waals surface area contributed by atoms with E-state index < -0.39 is 13.9 Å². The molecule has 0 aromatic carbocycles. The minimum absolute atomic E-state index is 0.0992. The van der Waals surface area contributed by atoms with Gasteiger partial charge >= 0.3 is 5.97 Å². The Labute approximate surface area is 185 Å². The van der Waals surface area contributed by atoms with Crippen molar-refractivity contribution in [2.24, 2.45) is 23.2 Å². The standard InChI is InChI=1S/C24H46O5Si/c1-18(11-9-16-24(3,22(25)27-5)28-17-26-4)19-13-14-20-21(29-30(6,7)8)12-10-15-23(19,20)2/h18-21H,9-17H2,1-8H3/t18-,19-,20?,21?,23-,24-/m1/s1. The van der Waals surface area contributed by atoms with Crippen LogP contribution in [0.2, 0.25) is 19.6 Å². The zero-order valence-electron chi connectivity index (χ0n) is 20.7. The summed E-state index contributed by atoms with van der Waals surface area (Å²) in [4.78, 5) is 12.2. The Morgan fingerprint density at radius 1 is 1.20 bits per heavy atom. The molecular formula is C24H46O5Si. The lowest BCUT2D eigenvalue weighted by Crippen LogP contribution is -2.46. The molecule has 2 aliphatic carbocycles. The summed E-state index contributed by atoms with van der Waals surface area (Å²) in [5, 5.41) is 0. The van der Waals surface area contributed by atoms with E-state index in [2.05, 4.69) is 33.5 Å². The summed E-state index contributed by atoms with van der Waals surface area (Å²) in [6, 6.07) is 0. The molecular weight excluding hydrogens is 396 g/mol. The molecule has 0 amide bonds. The SMILES string of the molecule is COCO[C@](C)(CCC[C@@H](C)[C@H]1CCC2C(O[Si](C)(C)C)CCC[C@@]21C)C(=O)OC. The van der Waals surface area contributed by atoms with Crippen molar-refractivity contribution in [2.75, 3.05) is 21.0 Å². The predicted molar refractivity (Wildman–Crippen MR) is 123 cm³/mol. The van der Waals surface area contributed by atoms with Crippen molar-refractivity contribution >= 4 is 14.3 Å². The molecule has 2 aliphatic rings. The molecule has 6 atom stereocenters. The third-order valence-corrected chi connectivity index (χ3v) is 8.76. The number of esters is 1. The zero-order valence-corrected chi connectivity index (χ0v) is 21.7. The molecule has 5 nitrogen and oxygen atoms in total. The van der Waals surface area contributed by atoms with Crippen LogP contribution in [0.4, 0.5) is 0 Å². The molecule has 0 N–H and O–H groups in total. The van der Waals surface area contributed by atoms with Crippen LogP contribution in [0.3, 0.4) is 0 Å². The minimum Gasteiger partial charge on any atom is -0.467 e. The van der Waals surface area contributed by atoms with E-state index in [1.165, 1.54) is 39.2 Å². The summed E-state index contributed by atoms with van der Waals surface area (Å²) in [5.41, 5.74) is -0.548. The Balaban J connectivity index is 1.97. The van der Waals surface area contributed by atoms with Gasteiger partial charge in [0.15, 0.2) is 13.9 Å². The van der Waals surface area contributed by atoms with Gasteiger partial charge in [0.2, 0.25) is 0 Å². The highest BCUT2D eigenvalue weighted by Crippen LogP contribution is 2.59. The van der Waals surface area contributed by atoms with E-state index in [0.29, 0.717) is 29.8 Å². The molecule has 2 fully saturated rings. The van der Waals surface area contributed by atoms with E-state index in [1.54, 1.807) is 7.11 Å². The Hall–Kier alpha value is -0.433. The first-order valence-corrected chi connectivity index (χ1v) is 15.3. The summed E-state index contributed by atoms with van der Waals surface area (Å²) < 4.78 is 22.3. The largest absolute Gasteiger partial charge is 0.467 e. The van der Waals surface area contributed by atoms with E-state index in [1.807, 2.05) is 6.92 Å². The van der Waals surface area contributed by atoms with Crippen molar-refractivity contribution in [3.63, 3.8) is 0 Å². The third kappa shape index (κ3) is 6.08. The van der Waals surface area contributed by atoms with Gasteiger partial charge in [-0.3, -0.25) is 0 Å². The summed E-state index contributed by atoms with van der Waals surface area (Å²) in [5.74, 6) is 1.75. The van der Waals surface area contributed by atoms with Crippen LogP contribution < -0.4 is 0 Å². The number of rotatable bonds is 11. The molecule has 0 spiro atoms. The summed E-state index contributed by atoms with van der Waals surface area (Å²) in [6.45, 7) is 13.8. The van der Waals surface area contributed by atoms with Crippen molar-refractivity contribution in [1.29, 1.82) is 0 Å². The molecule has 0 bridgehead atoms. The molecule has 0 heterocycles. The van der Waals surface area contributed by atoms with Crippen molar-refractivity contribution in [3.8, 4) is 0 Å². The average Bonchev–Trinajstić information content (AvgIpc) is 3.02. The van der Waals surface area contributed by atoms with E-state index >= 15 is 0 Å².